The normalized spacial score (nSPS) is 16.0. The SMILES string of the molecule is Cc1ccc(C)c(N2C(=O)c3ccc(C(=O)OCC(=O)NCC4CCCCC4)cc3C2=O)c1. The molecule has 0 atom stereocenters. The number of carbonyl (C=O) groups excluding carboxylic acids is 4. The largest absolute Gasteiger partial charge is 0.452 e. The Morgan fingerprint density at radius 2 is 1.70 bits per heavy atom. The predicted molar refractivity (Wildman–Crippen MR) is 123 cm³/mol. The Morgan fingerprint density at radius 1 is 0.970 bits per heavy atom. The Kier molecular flexibility index (Phi) is 6.58. The van der Waals surface area contributed by atoms with E-state index in [1.165, 1.54) is 37.5 Å². The summed E-state index contributed by atoms with van der Waals surface area (Å²) < 4.78 is 5.14. The van der Waals surface area contributed by atoms with Gasteiger partial charge in [-0.1, -0.05) is 31.4 Å². The third-order valence-corrected chi connectivity index (χ3v) is 6.37. The van der Waals surface area contributed by atoms with Gasteiger partial charge < -0.3 is 10.1 Å². The monoisotopic (exact) mass is 448 g/mol. The molecule has 0 unspecified atom stereocenters. The molecule has 0 bridgehead atoms. The second-order valence-corrected chi connectivity index (χ2v) is 8.88. The number of nitrogens with one attached hydrogen (secondary N) is 1. The average molecular weight is 449 g/mol. The molecule has 4 rings (SSSR count). The van der Waals surface area contributed by atoms with Crippen LogP contribution in [-0.2, 0) is 9.53 Å². The Balaban J connectivity index is 1.40. The van der Waals surface area contributed by atoms with Crippen LogP contribution in [0.1, 0.15) is 74.3 Å². The highest BCUT2D eigenvalue weighted by Gasteiger charge is 2.38. The van der Waals surface area contributed by atoms with Crippen molar-refractivity contribution in [3.8, 4) is 0 Å². The molecular formula is C26H28N2O5. The van der Waals surface area contributed by atoms with E-state index in [0.717, 1.165) is 28.9 Å². The van der Waals surface area contributed by atoms with Gasteiger partial charge in [0.1, 0.15) is 0 Å². The number of benzene rings is 2. The minimum Gasteiger partial charge on any atom is -0.452 e. The van der Waals surface area contributed by atoms with Crippen LogP contribution in [0.2, 0.25) is 0 Å². The summed E-state index contributed by atoms with van der Waals surface area (Å²) in [5, 5.41) is 2.83. The molecule has 0 aromatic heterocycles. The fourth-order valence-electron chi connectivity index (χ4n) is 4.46. The van der Waals surface area contributed by atoms with Gasteiger partial charge in [0.2, 0.25) is 0 Å². The number of imide groups is 1. The summed E-state index contributed by atoms with van der Waals surface area (Å²) in [6, 6.07) is 9.83. The van der Waals surface area contributed by atoms with Crippen LogP contribution in [0, 0.1) is 19.8 Å². The van der Waals surface area contributed by atoms with Gasteiger partial charge in [-0.15, -0.1) is 0 Å². The number of ether oxygens (including phenoxy) is 1. The van der Waals surface area contributed by atoms with Crippen molar-refractivity contribution in [2.45, 2.75) is 46.0 Å². The zero-order valence-corrected chi connectivity index (χ0v) is 19.0. The number of rotatable bonds is 6. The van der Waals surface area contributed by atoms with E-state index in [1.807, 2.05) is 26.0 Å². The number of carbonyl (C=O) groups is 4. The molecule has 1 N–H and O–H groups in total. The lowest BCUT2D eigenvalue weighted by Gasteiger charge is -2.21. The molecule has 1 fully saturated rings. The van der Waals surface area contributed by atoms with E-state index in [1.54, 1.807) is 6.07 Å². The minimum absolute atomic E-state index is 0.123. The van der Waals surface area contributed by atoms with E-state index in [4.69, 9.17) is 4.74 Å². The zero-order chi connectivity index (χ0) is 23.5. The predicted octanol–water partition coefficient (Wildman–Crippen LogP) is 3.96. The minimum atomic E-state index is -0.712. The number of amides is 3. The molecule has 0 saturated heterocycles. The van der Waals surface area contributed by atoms with Gasteiger partial charge in [0, 0.05) is 6.54 Å². The van der Waals surface area contributed by atoms with Crippen LogP contribution in [0.5, 0.6) is 0 Å². The topological polar surface area (TPSA) is 92.8 Å². The third-order valence-electron chi connectivity index (χ3n) is 6.37. The Labute approximate surface area is 193 Å². The van der Waals surface area contributed by atoms with E-state index in [2.05, 4.69) is 5.32 Å². The molecule has 0 radical (unpaired) electrons. The lowest BCUT2D eigenvalue weighted by molar-refractivity contribution is -0.124. The van der Waals surface area contributed by atoms with Crippen molar-refractivity contribution in [3.63, 3.8) is 0 Å². The summed E-state index contributed by atoms with van der Waals surface area (Å²) in [4.78, 5) is 51.6. The van der Waals surface area contributed by atoms with Crippen molar-refractivity contribution >= 4 is 29.4 Å². The van der Waals surface area contributed by atoms with Crippen LogP contribution in [0.25, 0.3) is 0 Å². The maximum absolute atomic E-state index is 13.0. The van der Waals surface area contributed by atoms with E-state index in [0.29, 0.717) is 18.2 Å². The van der Waals surface area contributed by atoms with Crippen molar-refractivity contribution in [1.82, 2.24) is 5.32 Å². The highest BCUT2D eigenvalue weighted by Crippen LogP contribution is 2.32. The average Bonchev–Trinajstić information content (AvgIpc) is 3.07. The molecule has 1 saturated carbocycles. The van der Waals surface area contributed by atoms with Crippen LogP contribution in [0.4, 0.5) is 5.69 Å². The van der Waals surface area contributed by atoms with Gasteiger partial charge in [-0.25, -0.2) is 9.69 Å². The summed E-state index contributed by atoms with van der Waals surface area (Å²) in [5.41, 5.74) is 2.77. The number of esters is 1. The molecule has 33 heavy (non-hydrogen) atoms. The van der Waals surface area contributed by atoms with Crippen molar-refractivity contribution in [1.29, 1.82) is 0 Å². The van der Waals surface area contributed by atoms with Crippen LogP contribution >= 0.6 is 0 Å². The molecule has 1 aliphatic carbocycles. The van der Waals surface area contributed by atoms with Crippen LogP contribution < -0.4 is 10.2 Å². The molecular weight excluding hydrogens is 420 g/mol. The van der Waals surface area contributed by atoms with Crippen molar-refractivity contribution in [2.75, 3.05) is 18.1 Å². The second kappa shape index (κ2) is 9.57. The number of hydrogen-bond donors (Lipinski definition) is 1. The second-order valence-electron chi connectivity index (χ2n) is 8.88. The van der Waals surface area contributed by atoms with Crippen LogP contribution in [0.3, 0.4) is 0 Å². The van der Waals surface area contributed by atoms with Gasteiger partial charge in [-0.05, 0) is 68.0 Å². The lowest BCUT2D eigenvalue weighted by Crippen LogP contribution is -2.33. The van der Waals surface area contributed by atoms with E-state index >= 15 is 0 Å². The fraction of sp³-hybridized carbons (Fsp3) is 0.385. The number of hydrogen-bond acceptors (Lipinski definition) is 5. The van der Waals surface area contributed by atoms with E-state index < -0.39 is 17.8 Å². The maximum Gasteiger partial charge on any atom is 0.338 e. The standard InChI is InChI=1S/C26H28N2O5/c1-16-8-9-17(2)22(12-16)28-24(30)20-11-10-19(13-21(20)25(28)31)26(32)33-15-23(29)27-14-18-6-4-3-5-7-18/h8-13,18H,3-7,14-15H2,1-2H3,(H,27,29). The van der Waals surface area contributed by atoms with Crippen LogP contribution in [-0.4, -0.2) is 36.8 Å². The highest BCUT2D eigenvalue weighted by atomic mass is 16.5. The molecule has 2 aromatic rings. The third kappa shape index (κ3) is 4.82. The summed E-state index contributed by atoms with van der Waals surface area (Å²) in [6.45, 7) is 3.94. The summed E-state index contributed by atoms with van der Waals surface area (Å²) in [6.07, 6.45) is 5.85. The molecule has 3 amide bonds. The lowest BCUT2D eigenvalue weighted by atomic mass is 9.89. The van der Waals surface area contributed by atoms with Gasteiger partial charge in [0.05, 0.1) is 22.4 Å². The molecule has 1 aliphatic heterocycles. The van der Waals surface area contributed by atoms with Crippen molar-refractivity contribution < 1.29 is 23.9 Å². The maximum atomic E-state index is 13.0. The molecule has 2 aromatic carbocycles. The van der Waals surface area contributed by atoms with Gasteiger partial charge in [0.15, 0.2) is 6.61 Å². The molecule has 7 heteroatoms. The number of fused-ring (bicyclic) bond motifs is 1. The Morgan fingerprint density at radius 3 is 2.45 bits per heavy atom. The van der Waals surface area contributed by atoms with E-state index in [-0.39, 0.29) is 29.2 Å². The van der Waals surface area contributed by atoms with Crippen LogP contribution in [0.15, 0.2) is 36.4 Å². The van der Waals surface area contributed by atoms with Crippen molar-refractivity contribution in [3.05, 3.63) is 64.2 Å². The molecule has 172 valence electrons. The fourth-order valence-corrected chi connectivity index (χ4v) is 4.46. The first kappa shape index (κ1) is 22.7. The van der Waals surface area contributed by atoms with Gasteiger partial charge >= 0.3 is 5.97 Å². The quantitative estimate of drug-likeness (QED) is 0.533. The number of nitrogens with zero attached hydrogens (tertiary/aromatic N) is 1. The zero-order valence-electron chi connectivity index (χ0n) is 19.0. The summed E-state index contributed by atoms with van der Waals surface area (Å²) >= 11 is 0. The first-order chi connectivity index (χ1) is 15.8. The molecule has 1 heterocycles. The van der Waals surface area contributed by atoms with E-state index in [9.17, 15) is 19.2 Å². The summed E-state index contributed by atoms with van der Waals surface area (Å²) in [7, 11) is 0. The number of anilines is 1. The highest BCUT2D eigenvalue weighted by molar-refractivity contribution is 6.35. The smallest absolute Gasteiger partial charge is 0.338 e. The Hall–Kier alpha value is -3.48. The molecule has 0 spiro atoms. The first-order valence-corrected chi connectivity index (χ1v) is 11.4. The number of aryl methyl sites for hydroxylation is 2. The van der Waals surface area contributed by atoms with Gasteiger partial charge in [0.25, 0.3) is 17.7 Å². The van der Waals surface area contributed by atoms with Gasteiger partial charge in [-0.3, -0.25) is 14.4 Å². The molecule has 2 aliphatic rings. The van der Waals surface area contributed by atoms with Crippen molar-refractivity contribution in [2.24, 2.45) is 5.92 Å². The first-order valence-electron chi connectivity index (χ1n) is 11.4. The summed E-state index contributed by atoms with van der Waals surface area (Å²) in [5.74, 6) is -1.48. The molecule has 7 nitrogen and oxygen atoms in total. The van der Waals surface area contributed by atoms with Gasteiger partial charge in [-0.2, -0.15) is 0 Å². The Bertz CT molecular complexity index is 1120.